The number of carbonyl (C=O) groups is 2. The average molecular weight is 519 g/mol. The summed E-state index contributed by atoms with van der Waals surface area (Å²) >= 11 is 7.41. The maximum atomic E-state index is 14.4. The number of aromatic nitrogens is 2. The second-order valence-electron chi connectivity index (χ2n) is 8.58. The van der Waals surface area contributed by atoms with Crippen molar-refractivity contribution < 1.29 is 14.0 Å². The number of aryl methyl sites for hydroxylation is 1. The monoisotopic (exact) mass is 518 g/mol. The Bertz CT molecular complexity index is 1660. The van der Waals surface area contributed by atoms with Gasteiger partial charge in [-0.05, 0) is 30.7 Å². The molecular formula is C26H19ClN4O4S. The van der Waals surface area contributed by atoms with Crippen LogP contribution in [0, 0.1) is 0 Å². The minimum absolute atomic E-state index is 0.0430. The number of benzene rings is 2. The van der Waals surface area contributed by atoms with Crippen LogP contribution in [0.3, 0.4) is 0 Å². The van der Waals surface area contributed by atoms with Crippen molar-refractivity contribution in [1.29, 1.82) is 0 Å². The lowest BCUT2D eigenvalue weighted by Crippen LogP contribution is -2.53. The van der Waals surface area contributed by atoms with E-state index in [4.69, 9.17) is 16.0 Å². The van der Waals surface area contributed by atoms with Crippen LogP contribution in [0.4, 0.5) is 10.8 Å². The zero-order valence-corrected chi connectivity index (χ0v) is 20.7. The van der Waals surface area contributed by atoms with Crippen molar-refractivity contribution in [3.05, 3.63) is 92.3 Å². The van der Waals surface area contributed by atoms with Crippen LogP contribution in [-0.2, 0) is 16.8 Å². The lowest BCUT2D eigenvalue weighted by molar-refractivity contribution is -0.121. The number of fused-ring (bicyclic) bond motifs is 5. The summed E-state index contributed by atoms with van der Waals surface area (Å²) in [6, 6.07) is 11.7. The number of rotatable bonds is 5. The molecule has 0 bridgehead atoms. The van der Waals surface area contributed by atoms with E-state index in [1.54, 1.807) is 42.5 Å². The van der Waals surface area contributed by atoms with Gasteiger partial charge in [0.15, 0.2) is 11.0 Å². The summed E-state index contributed by atoms with van der Waals surface area (Å²) < 4.78 is 6.02. The molecule has 2 amide bonds. The highest BCUT2D eigenvalue weighted by Crippen LogP contribution is 2.54. The molecule has 4 heterocycles. The van der Waals surface area contributed by atoms with Crippen molar-refractivity contribution in [3.8, 4) is 0 Å². The van der Waals surface area contributed by atoms with Crippen LogP contribution < -0.4 is 15.2 Å². The number of hydrogen-bond donors (Lipinski definition) is 0. The van der Waals surface area contributed by atoms with Crippen LogP contribution in [0.5, 0.6) is 0 Å². The smallest absolute Gasteiger partial charge is 0.297 e. The van der Waals surface area contributed by atoms with E-state index in [2.05, 4.69) is 16.8 Å². The molecule has 0 aliphatic carbocycles. The SMILES string of the molecule is C=CCN1C(=O)C2(c3ccccc31)c1c(oc3ccc(Cl)cc3c1=O)C(=O)N2c1nnc(CCC)s1. The fourth-order valence-corrected chi connectivity index (χ4v) is 6.26. The summed E-state index contributed by atoms with van der Waals surface area (Å²) in [5, 5.41) is 9.99. The van der Waals surface area contributed by atoms with Crippen molar-refractivity contribution in [2.75, 3.05) is 16.3 Å². The van der Waals surface area contributed by atoms with Crippen LogP contribution in [0.2, 0.25) is 5.02 Å². The lowest BCUT2D eigenvalue weighted by atomic mass is 9.84. The van der Waals surface area contributed by atoms with Crippen LogP contribution in [0.15, 0.2) is 64.3 Å². The number of hydrogen-bond acceptors (Lipinski definition) is 7. The first-order valence-electron chi connectivity index (χ1n) is 11.4. The van der Waals surface area contributed by atoms with Gasteiger partial charge in [0.1, 0.15) is 10.6 Å². The fourth-order valence-electron chi connectivity index (χ4n) is 5.10. The van der Waals surface area contributed by atoms with E-state index >= 15 is 0 Å². The van der Waals surface area contributed by atoms with Crippen molar-refractivity contribution >= 4 is 56.5 Å². The molecule has 0 N–H and O–H groups in total. The summed E-state index contributed by atoms with van der Waals surface area (Å²) in [5.41, 5.74) is -1.06. The largest absolute Gasteiger partial charge is 0.450 e. The third kappa shape index (κ3) is 2.84. The van der Waals surface area contributed by atoms with Gasteiger partial charge >= 0.3 is 0 Å². The molecule has 10 heteroatoms. The topological polar surface area (TPSA) is 96.6 Å². The Morgan fingerprint density at radius 2 is 1.97 bits per heavy atom. The van der Waals surface area contributed by atoms with E-state index in [1.165, 1.54) is 27.2 Å². The van der Waals surface area contributed by atoms with Crippen molar-refractivity contribution in [2.24, 2.45) is 0 Å². The van der Waals surface area contributed by atoms with Crippen molar-refractivity contribution in [1.82, 2.24) is 10.2 Å². The molecule has 2 aromatic heterocycles. The Hall–Kier alpha value is -3.82. The highest BCUT2D eigenvalue weighted by atomic mass is 35.5. The van der Waals surface area contributed by atoms with Crippen LogP contribution >= 0.6 is 22.9 Å². The fraction of sp³-hybridized carbons (Fsp3) is 0.192. The first kappa shape index (κ1) is 22.6. The van der Waals surface area contributed by atoms with Crippen LogP contribution in [0.25, 0.3) is 11.0 Å². The molecular weight excluding hydrogens is 500 g/mol. The minimum Gasteiger partial charge on any atom is -0.450 e. The Labute approximate surface area is 214 Å². The van der Waals surface area contributed by atoms with E-state index in [9.17, 15) is 14.4 Å². The molecule has 2 aliphatic heterocycles. The number of anilines is 2. The molecule has 0 fully saturated rings. The maximum Gasteiger partial charge on any atom is 0.297 e. The van der Waals surface area contributed by atoms with Gasteiger partial charge in [0.2, 0.25) is 10.9 Å². The first-order valence-corrected chi connectivity index (χ1v) is 12.6. The molecule has 8 nitrogen and oxygen atoms in total. The summed E-state index contributed by atoms with van der Waals surface area (Å²) in [6.07, 6.45) is 3.12. The molecule has 180 valence electrons. The minimum atomic E-state index is -1.80. The second kappa shape index (κ2) is 8.11. The highest BCUT2D eigenvalue weighted by Gasteiger charge is 2.66. The maximum absolute atomic E-state index is 14.4. The van der Waals surface area contributed by atoms with Gasteiger partial charge in [0, 0.05) is 23.6 Å². The number of amides is 2. The molecule has 0 radical (unpaired) electrons. The lowest BCUT2D eigenvalue weighted by Gasteiger charge is -2.31. The van der Waals surface area contributed by atoms with Gasteiger partial charge in [-0.25, -0.2) is 0 Å². The Morgan fingerprint density at radius 3 is 2.75 bits per heavy atom. The number of carbonyl (C=O) groups excluding carboxylic acids is 2. The zero-order chi connectivity index (χ0) is 25.2. The predicted molar refractivity (Wildman–Crippen MR) is 138 cm³/mol. The summed E-state index contributed by atoms with van der Waals surface area (Å²) in [7, 11) is 0. The average Bonchev–Trinajstić information content (AvgIpc) is 3.50. The normalized spacial score (nSPS) is 18.4. The molecule has 1 unspecified atom stereocenters. The number of nitrogens with zero attached hydrogens (tertiary/aromatic N) is 4. The molecule has 36 heavy (non-hydrogen) atoms. The highest BCUT2D eigenvalue weighted by molar-refractivity contribution is 7.15. The molecule has 0 saturated heterocycles. The molecule has 0 saturated carbocycles. The summed E-state index contributed by atoms with van der Waals surface area (Å²) in [6.45, 7) is 5.99. The van der Waals surface area contributed by atoms with E-state index in [0.29, 0.717) is 22.7 Å². The van der Waals surface area contributed by atoms with Crippen LogP contribution in [-0.4, -0.2) is 28.6 Å². The van der Waals surface area contributed by atoms with Gasteiger partial charge < -0.3 is 9.32 Å². The number of para-hydroxylation sites is 1. The van der Waals surface area contributed by atoms with Gasteiger partial charge in [-0.15, -0.1) is 16.8 Å². The Kier molecular flexibility index (Phi) is 5.10. The molecule has 1 atom stereocenters. The standard InChI is InChI=1S/C26H19ClN4O4S/c1-3-7-19-28-29-25(36-19)31-23(33)22-20(21(32)15-13-14(27)10-11-18(15)35-22)26(31)16-8-5-6-9-17(16)30(12-4-2)24(26)34/h4-6,8-11,13H,2-3,7,12H2,1H3. The summed E-state index contributed by atoms with van der Waals surface area (Å²) in [5.74, 6) is -1.27. The quantitative estimate of drug-likeness (QED) is 0.356. The van der Waals surface area contributed by atoms with Gasteiger partial charge in [0.05, 0.1) is 16.6 Å². The summed E-state index contributed by atoms with van der Waals surface area (Å²) in [4.78, 5) is 45.3. The molecule has 2 aromatic carbocycles. The molecule has 6 rings (SSSR count). The first-order chi connectivity index (χ1) is 17.4. The van der Waals surface area contributed by atoms with E-state index < -0.39 is 22.8 Å². The van der Waals surface area contributed by atoms with Crippen molar-refractivity contribution in [2.45, 2.75) is 25.3 Å². The van der Waals surface area contributed by atoms with Crippen LogP contribution in [0.1, 0.15) is 40.0 Å². The van der Waals surface area contributed by atoms with E-state index in [-0.39, 0.29) is 34.0 Å². The third-order valence-corrected chi connectivity index (χ3v) is 7.71. The third-order valence-electron chi connectivity index (χ3n) is 6.51. The molecule has 4 aromatic rings. The Balaban J connectivity index is 1.74. The Morgan fingerprint density at radius 1 is 1.17 bits per heavy atom. The van der Waals surface area contributed by atoms with Gasteiger partial charge in [0.25, 0.3) is 11.8 Å². The molecule has 2 aliphatic rings. The van der Waals surface area contributed by atoms with Crippen molar-refractivity contribution in [3.63, 3.8) is 0 Å². The molecule has 1 spiro atoms. The van der Waals surface area contributed by atoms with E-state index in [1.807, 2.05) is 6.92 Å². The van der Waals surface area contributed by atoms with E-state index in [0.717, 1.165) is 11.4 Å². The van der Waals surface area contributed by atoms with Gasteiger partial charge in [-0.1, -0.05) is 54.1 Å². The van der Waals surface area contributed by atoms with Gasteiger partial charge in [-0.2, -0.15) is 0 Å². The number of halogens is 1. The van der Waals surface area contributed by atoms with Gasteiger partial charge in [-0.3, -0.25) is 19.3 Å². The zero-order valence-electron chi connectivity index (χ0n) is 19.2. The predicted octanol–water partition coefficient (Wildman–Crippen LogP) is 4.69. The second-order valence-corrected chi connectivity index (χ2v) is 10.1.